The molecule has 3 rings (SSSR count). The van der Waals surface area contributed by atoms with Crippen LogP contribution in [0.15, 0.2) is 42.7 Å². The van der Waals surface area contributed by atoms with E-state index >= 15 is 0 Å². The number of carbonyl (C=O) groups is 1. The SMILES string of the molecule is O=C(CN1C[C@@H](F)C[C@H]1CO)NCCc1cnn(-c2ccccc2)c1. The number of carbonyl (C=O) groups excluding carboxylic acids is 1. The first-order valence-corrected chi connectivity index (χ1v) is 8.50. The Hall–Kier alpha value is -2.25. The molecule has 0 saturated carbocycles. The number of para-hydroxylation sites is 1. The zero-order valence-electron chi connectivity index (χ0n) is 14.0. The van der Waals surface area contributed by atoms with E-state index < -0.39 is 6.17 Å². The lowest BCUT2D eigenvalue weighted by Gasteiger charge is -2.21. The number of halogens is 1. The molecule has 0 bridgehead atoms. The van der Waals surface area contributed by atoms with Crippen molar-refractivity contribution < 1.29 is 14.3 Å². The van der Waals surface area contributed by atoms with Crippen LogP contribution in [0.3, 0.4) is 0 Å². The summed E-state index contributed by atoms with van der Waals surface area (Å²) in [5, 5.41) is 16.4. The number of nitrogens with zero attached hydrogens (tertiary/aromatic N) is 3. The second-order valence-electron chi connectivity index (χ2n) is 6.33. The molecule has 1 fully saturated rings. The zero-order valence-corrected chi connectivity index (χ0v) is 14.0. The molecule has 0 unspecified atom stereocenters. The summed E-state index contributed by atoms with van der Waals surface area (Å²) in [4.78, 5) is 13.7. The second kappa shape index (κ2) is 8.22. The van der Waals surface area contributed by atoms with Crippen molar-refractivity contribution in [1.29, 1.82) is 0 Å². The number of aliphatic hydroxyl groups excluding tert-OH is 1. The van der Waals surface area contributed by atoms with Crippen LogP contribution in [0.5, 0.6) is 0 Å². The Morgan fingerprint density at radius 1 is 1.36 bits per heavy atom. The number of amides is 1. The zero-order chi connectivity index (χ0) is 17.6. The maximum absolute atomic E-state index is 13.4. The minimum Gasteiger partial charge on any atom is -0.395 e. The van der Waals surface area contributed by atoms with E-state index in [1.807, 2.05) is 36.5 Å². The summed E-state index contributed by atoms with van der Waals surface area (Å²) in [5.41, 5.74) is 2.02. The van der Waals surface area contributed by atoms with Crippen molar-refractivity contribution in [2.75, 3.05) is 26.2 Å². The van der Waals surface area contributed by atoms with E-state index in [2.05, 4.69) is 10.4 Å². The molecule has 1 aromatic heterocycles. The molecule has 2 atom stereocenters. The van der Waals surface area contributed by atoms with Gasteiger partial charge in [-0.3, -0.25) is 9.69 Å². The molecule has 2 aromatic rings. The van der Waals surface area contributed by atoms with E-state index in [9.17, 15) is 14.3 Å². The van der Waals surface area contributed by atoms with Gasteiger partial charge in [-0.15, -0.1) is 0 Å². The number of hydrogen-bond donors (Lipinski definition) is 2. The monoisotopic (exact) mass is 346 g/mol. The van der Waals surface area contributed by atoms with Gasteiger partial charge in [-0.1, -0.05) is 18.2 Å². The molecule has 1 aliphatic heterocycles. The molecule has 7 heteroatoms. The van der Waals surface area contributed by atoms with Crippen LogP contribution in [0, 0.1) is 0 Å². The molecule has 134 valence electrons. The first-order chi connectivity index (χ1) is 12.2. The van der Waals surface area contributed by atoms with Gasteiger partial charge in [0.05, 0.1) is 25.0 Å². The van der Waals surface area contributed by atoms with Crippen molar-refractivity contribution in [3.05, 3.63) is 48.3 Å². The van der Waals surface area contributed by atoms with Crippen LogP contribution in [0.4, 0.5) is 4.39 Å². The summed E-state index contributed by atoms with van der Waals surface area (Å²) in [6.45, 7) is 0.708. The van der Waals surface area contributed by atoms with Gasteiger partial charge in [0.2, 0.25) is 5.91 Å². The van der Waals surface area contributed by atoms with E-state index in [0.717, 1.165) is 11.3 Å². The second-order valence-corrected chi connectivity index (χ2v) is 6.33. The maximum Gasteiger partial charge on any atom is 0.234 e. The van der Waals surface area contributed by atoms with Crippen LogP contribution < -0.4 is 5.32 Å². The lowest BCUT2D eigenvalue weighted by atomic mass is 10.2. The van der Waals surface area contributed by atoms with Crippen molar-refractivity contribution in [3.63, 3.8) is 0 Å². The van der Waals surface area contributed by atoms with E-state index in [4.69, 9.17) is 0 Å². The van der Waals surface area contributed by atoms with Crippen LogP contribution in [-0.2, 0) is 11.2 Å². The van der Waals surface area contributed by atoms with Gasteiger partial charge in [0.15, 0.2) is 0 Å². The number of likely N-dealkylation sites (tertiary alicyclic amines) is 1. The highest BCUT2D eigenvalue weighted by molar-refractivity contribution is 5.78. The Kier molecular flexibility index (Phi) is 5.78. The molecule has 1 amide bonds. The molecule has 2 N–H and O–H groups in total. The van der Waals surface area contributed by atoms with Gasteiger partial charge in [0.25, 0.3) is 0 Å². The molecule has 2 heterocycles. The van der Waals surface area contributed by atoms with Gasteiger partial charge in [-0.2, -0.15) is 5.10 Å². The van der Waals surface area contributed by atoms with Crippen LogP contribution in [0.2, 0.25) is 0 Å². The van der Waals surface area contributed by atoms with Crippen LogP contribution in [-0.4, -0.2) is 64.1 Å². The van der Waals surface area contributed by atoms with Gasteiger partial charge in [-0.05, 0) is 30.5 Å². The Balaban J connectivity index is 1.44. The van der Waals surface area contributed by atoms with E-state index in [-0.39, 0.29) is 31.6 Å². The van der Waals surface area contributed by atoms with Crippen molar-refractivity contribution in [2.45, 2.75) is 25.1 Å². The fraction of sp³-hybridized carbons (Fsp3) is 0.444. The highest BCUT2D eigenvalue weighted by Crippen LogP contribution is 2.19. The number of hydrogen-bond acceptors (Lipinski definition) is 4. The van der Waals surface area contributed by atoms with Gasteiger partial charge < -0.3 is 10.4 Å². The van der Waals surface area contributed by atoms with Crippen LogP contribution in [0.1, 0.15) is 12.0 Å². The van der Waals surface area contributed by atoms with E-state index in [1.165, 1.54) is 0 Å². The van der Waals surface area contributed by atoms with Crippen LogP contribution in [0.25, 0.3) is 5.69 Å². The normalized spacial score (nSPS) is 20.7. The fourth-order valence-corrected chi connectivity index (χ4v) is 3.10. The summed E-state index contributed by atoms with van der Waals surface area (Å²) in [5.74, 6) is -0.150. The Morgan fingerprint density at radius 2 is 2.16 bits per heavy atom. The summed E-state index contributed by atoms with van der Waals surface area (Å²) in [6.07, 6.45) is 3.73. The average molecular weight is 346 g/mol. The molecule has 0 spiro atoms. The smallest absolute Gasteiger partial charge is 0.234 e. The fourth-order valence-electron chi connectivity index (χ4n) is 3.10. The standard InChI is InChI=1S/C18H23FN4O2/c19-15-8-17(13-24)22(11-15)12-18(25)20-7-6-14-9-21-23(10-14)16-4-2-1-3-5-16/h1-5,9-10,15,17,24H,6-8,11-13H2,(H,20,25)/t15-,17-/m0/s1. The molecule has 1 aliphatic rings. The first-order valence-electron chi connectivity index (χ1n) is 8.50. The molecular formula is C18H23FN4O2. The van der Waals surface area contributed by atoms with Gasteiger partial charge in [-0.25, -0.2) is 9.07 Å². The highest BCUT2D eigenvalue weighted by Gasteiger charge is 2.32. The quantitative estimate of drug-likeness (QED) is 0.783. The van der Waals surface area contributed by atoms with Crippen molar-refractivity contribution in [2.24, 2.45) is 0 Å². The minimum absolute atomic E-state index is 0.119. The molecule has 0 radical (unpaired) electrons. The third-order valence-corrected chi connectivity index (χ3v) is 4.43. The third-order valence-electron chi connectivity index (χ3n) is 4.43. The van der Waals surface area contributed by atoms with Crippen molar-refractivity contribution in [3.8, 4) is 5.69 Å². The molecule has 0 aliphatic carbocycles. The molecule has 1 aromatic carbocycles. The maximum atomic E-state index is 13.4. The average Bonchev–Trinajstić information content (AvgIpc) is 3.22. The Bertz CT molecular complexity index is 691. The van der Waals surface area contributed by atoms with Gasteiger partial charge in [0.1, 0.15) is 6.17 Å². The number of rotatable bonds is 7. The molecule has 6 nitrogen and oxygen atoms in total. The predicted molar refractivity (Wildman–Crippen MR) is 92.2 cm³/mol. The lowest BCUT2D eigenvalue weighted by molar-refractivity contribution is -0.122. The van der Waals surface area contributed by atoms with Gasteiger partial charge >= 0.3 is 0 Å². The van der Waals surface area contributed by atoms with Crippen LogP contribution >= 0.6 is 0 Å². The van der Waals surface area contributed by atoms with Gasteiger partial charge in [0, 0.05) is 25.3 Å². The number of aromatic nitrogens is 2. The predicted octanol–water partition coefficient (Wildman–Crippen LogP) is 0.936. The summed E-state index contributed by atoms with van der Waals surface area (Å²) >= 11 is 0. The molecular weight excluding hydrogens is 323 g/mol. The first kappa shape index (κ1) is 17.6. The number of alkyl halides is 1. The van der Waals surface area contributed by atoms with E-state index in [1.54, 1.807) is 15.8 Å². The lowest BCUT2D eigenvalue weighted by Crippen LogP contribution is -2.41. The third kappa shape index (κ3) is 4.64. The Labute approximate surface area is 146 Å². The van der Waals surface area contributed by atoms with Crippen molar-refractivity contribution >= 4 is 5.91 Å². The van der Waals surface area contributed by atoms with Crippen molar-refractivity contribution in [1.82, 2.24) is 20.0 Å². The minimum atomic E-state index is -0.964. The molecule has 1 saturated heterocycles. The summed E-state index contributed by atoms with van der Waals surface area (Å²) in [6, 6.07) is 9.56. The topological polar surface area (TPSA) is 70.4 Å². The van der Waals surface area contributed by atoms with E-state index in [0.29, 0.717) is 19.4 Å². The number of aliphatic hydroxyl groups is 1. The highest BCUT2D eigenvalue weighted by atomic mass is 19.1. The summed E-state index contributed by atoms with van der Waals surface area (Å²) in [7, 11) is 0. The molecule has 25 heavy (non-hydrogen) atoms. The Morgan fingerprint density at radius 3 is 2.92 bits per heavy atom. The summed E-state index contributed by atoms with van der Waals surface area (Å²) < 4.78 is 15.2. The largest absolute Gasteiger partial charge is 0.395 e. The number of nitrogens with one attached hydrogen (secondary N) is 1. The number of benzene rings is 1.